The molecule has 0 radical (unpaired) electrons. The SMILES string of the molecule is CCCCOc1ccc(C(=O)Nc2ccccc2C(=O)NCC2CCCO2)cc1Br. The Morgan fingerprint density at radius 3 is 2.77 bits per heavy atom. The van der Waals surface area contributed by atoms with Gasteiger partial charge in [0.25, 0.3) is 11.8 Å². The van der Waals surface area contributed by atoms with Gasteiger partial charge in [-0.05, 0) is 65.5 Å². The first kappa shape index (κ1) is 22.3. The van der Waals surface area contributed by atoms with E-state index in [9.17, 15) is 9.59 Å². The van der Waals surface area contributed by atoms with Gasteiger partial charge < -0.3 is 20.1 Å². The molecular weight excluding hydrogens is 448 g/mol. The zero-order valence-electron chi connectivity index (χ0n) is 17.1. The molecule has 1 fully saturated rings. The van der Waals surface area contributed by atoms with Crippen LogP contribution in [-0.4, -0.2) is 37.7 Å². The number of carbonyl (C=O) groups is 2. The van der Waals surface area contributed by atoms with Crippen LogP contribution in [0.3, 0.4) is 0 Å². The third-order valence-electron chi connectivity index (χ3n) is 4.88. The molecule has 1 aliphatic heterocycles. The minimum Gasteiger partial charge on any atom is -0.492 e. The first-order valence-electron chi connectivity index (χ1n) is 10.3. The Morgan fingerprint density at radius 1 is 1.20 bits per heavy atom. The number of amides is 2. The smallest absolute Gasteiger partial charge is 0.255 e. The Balaban J connectivity index is 1.65. The lowest BCUT2D eigenvalue weighted by Gasteiger charge is -2.14. The lowest BCUT2D eigenvalue weighted by atomic mass is 10.1. The number of ether oxygens (including phenoxy) is 2. The highest BCUT2D eigenvalue weighted by Gasteiger charge is 2.19. The van der Waals surface area contributed by atoms with E-state index in [4.69, 9.17) is 9.47 Å². The van der Waals surface area contributed by atoms with Gasteiger partial charge in [-0.25, -0.2) is 0 Å². The summed E-state index contributed by atoms with van der Waals surface area (Å²) in [6.07, 6.45) is 4.06. The highest BCUT2D eigenvalue weighted by atomic mass is 79.9. The van der Waals surface area contributed by atoms with Crippen molar-refractivity contribution in [2.45, 2.75) is 38.7 Å². The van der Waals surface area contributed by atoms with Crippen LogP contribution < -0.4 is 15.4 Å². The van der Waals surface area contributed by atoms with Crippen LogP contribution in [0.2, 0.25) is 0 Å². The fourth-order valence-corrected chi connectivity index (χ4v) is 3.67. The molecule has 0 aromatic heterocycles. The third-order valence-corrected chi connectivity index (χ3v) is 5.50. The van der Waals surface area contributed by atoms with Gasteiger partial charge in [-0.2, -0.15) is 0 Å². The number of carbonyl (C=O) groups excluding carboxylic acids is 2. The van der Waals surface area contributed by atoms with E-state index in [-0.39, 0.29) is 17.9 Å². The van der Waals surface area contributed by atoms with Crippen molar-refractivity contribution < 1.29 is 19.1 Å². The van der Waals surface area contributed by atoms with E-state index in [2.05, 4.69) is 33.5 Å². The summed E-state index contributed by atoms with van der Waals surface area (Å²) in [6.45, 7) is 3.94. The summed E-state index contributed by atoms with van der Waals surface area (Å²) in [4.78, 5) is 25.4. The average molecular weight is 475 g/mol. The van der Waals surface area contributed by atoms with E-state index in [0.29, 0.717) is 40.2 Å². The monoisotopic (exact) mass is 474 g/mol. The summed E-state index contributed by atoms with van der Waals surface area (Å²) in [5.74, 6) is 0.173. The van der Waals surface area contributed by atoms with Crippen LogP contribution in [0.4, 0.5) is 5.69 Å². The summed E-state index contributed by atoms with van der Waals surface area (Å²) < 4.78 is 12.0. The van der Waals surface area contributed by atoms with Gasteiger partial charge in [0.1, 0.15) is 5.75 Å². The summed E-state index contributed by atoms with van der Waals surface area (Å²) in [5, 5.41) is 5.74. The minimum atomic E-state index is -0.296. The van der Waals surface area contributed by atoms with Crippen molar-refractivity contribution >= 4 is 33.4 Å². The number of anilines is 1. The summed E-state index contributed by atoms with van der Waals surface area (Å²) in [6, 6.07) is 12.2. The largest absolute Gasteiger partial charge is 0.492 e. The molecule has 1 unspecified atom stereocenters. The maximum Gasteiger partial charge on any atom is 0.255 e. The standard InChI is InChI=1S/C23H27BrN2O4/c1-2-3-12-30-21-11-10-16(14-19(21)24)22(27)26-20-9-5-4-8-18(20)23(28)25-15-17-7-6-13-29-17/h4-5,8-11,14,17H,2-3,6-7,12-13,15H2,1H3,(H,25,28)(H,26,27). The van der Waals surface area contributed by atoms with E-state index in [1.807, 2.05) is 0 Å². The molecule has 160 valence electrons. The number of hydrogen-bond acceptors (Lipinski definition) is 4. The van der Waals surface area contributed by atoms with Crippen LogP contribution in [0, 0.1) is 0 Å². The van der Waals surface area contributed by atoms with E-state index in [0.717, 1.165) is 32.3 Å². The van der Waals surface area contributed by atoms with E-state index in [1.165, 1.54) is 0 Å². The second-order valence-corrected chi connectivity index (χ2v) is 8.05. The highest BCUT2D eigenvalue weighted by molar-refractivity contribution is 9.10. The van der Waals surface area contributed by atoms with Gasteiger partial charge in [0, 0.05) is 18.7 Å². The maximum absolute atomic E-state index is 12.8. The maximum atomic E-state index is 12.8. The van der Waals surface area contributed by atoms with Gasteiger partial charge in [0.15, 0.2) is 0 Å². The second kappa shape index (κ2) is 11.1. The molecule has 30 heavy (non-hydrogen) atoms. The minimum absolute atomic E-state index is 0.0612. The second-order valence-electron chi connectivity index (χ2n) is 7.19. The first-order chi connectivity index (χ1) is 14.6. The number of benzene rings is 2. The Bertz CT molecular complexity index is 881. The molecular formula is C23H27BrN2O4. The lowest BCUT2D eigenvalue weighted by molar-refractivity contribution is 0.0858. The molecule has 0 saturated carbocycles. The van der Waals surface area contributed by atoms with Crippen LogP contribution in [0.1, 0.15) is 53.3 Å². The Morgan fingerprint density at radius 2 is 2.03 bits per heavy atom. The van der Waals surface area contributed by atoms with Gasteiger partial charge >= 0.3 is 0 Å². The zero-order chi connectivity index (χ0) is 21.3. The molecule has 1 atom stereocenters. The summed E-state index contributed by atoms with van der Waals surface area (Å²) in [7, 11) is 0. The lowest BCUT2D eigenvalue weighted by Crippen LogP contribution is -2.32. The molecule has 2 N–H and O–H groups in total. The predicted molar refractivity (Wildman–Crippen MR) is 120 cm³/mol. The molecule has 0 aliphatic carbocycles. The number of hydrogen-bond donors (Lipinski definition) is 2. The van der Waals surface area contributed by atoms with Crippen LogP contribution in [0.25, 0.3) is 0 Å². The molecule has 7 heteroatoms. The van der Waals surface area contributed by atoms with Crippen molar-refractivity contribution in [3.05, 3.63) is 58.1 Å². The number of nitrogens with one attached hydrogen (secondary N) is 2. The van der Waals surface area contributed by atoms with Gasteiger partial charge in [0.05, 0.1) is 28.4 Å². The quantitative estimate of drug-likeness (QED) is 0.512. The predicted octanol–water partition coefficient (Wildman–Crippen LogP) is 4.79. The van der Waals surface area contributed by atoms with Gasteiger partial charge in [0.2, 0.25) is 0 Å². The molecule has 3 rings (SSSR count). The molecule has 2 amide bonds. The summed E-state index contributed by atoms with van der Waals surface area (Å²) in [5.41, 5.74) is 1.36. The Labute approximate surface area is 185 Å². The van der Waals surface area contributed by atoms with Gasteiger partial charge in [-0.3, -0.25) is 9.59 Å². The van der Waals surface area contributed by atoms with E-state index < -0.39 is 0 Å². The molecule has 1 saturated heterocycles. The van der Waals surface area contributed by atoms with E-state index in [1.54, 1.807) is 42.5 Å². The van der Waals surface area contributed by atoms with Crippen LogP contribution in [-0.2, 0) is 4.74 Å². The normalized spacial score (nSPS) is 15.6. The van der Waals surface area contributed by atoms with Gasteiger partial charge in [-0.1, -0.05) is 25.5 Å². The van der Waals surface area contributed by atoms with Crippen molar-refractivity contribution in [1.29, 1.82) is 0 Å². The molecule has 2 aromatic carbocycles. The molecule has 2 aromatic rings. The van der Waals surface area contributed by atoms with E-state index >= 15 is 0 Å². The van der Waals surface area contributed by atoms with Crippen molar-refractivity contribution in [2.75, 3.05) is 25.1 Å². The molecule has 6 nitrogen and oxygen atoms in total. The number of rotatable bonds is 9. The Hall–Kier alpha value is -2.38. The van der Waals surface area contributed by atoms with Crippen molar-refractivity contribution in [3.63, 3.8) is 0 Å². The fourth-order valence-electron chi connectivity index (χ4n) is 3.18. The number of unbranched alkanes of at least 4 members (excludes halogenated alkanes) is 1. The van der Waals surface area contributed by atoms with Crippen LogP contribution >= 0.6 is 15.9 Å². The highest BCUT2D eigenvalue weighted by Crippen LogP contribution is 2.27. The Kier molecular flexibility index (Phi) is 8.28. The third kappa shape index (κ3) is 6.06. The van der Waals surface area contributed by atoms with Crippen LogP contribution in [0.15, 0.2) is 46.9 Å². The number of para-hydroxylation sites is 1. The molecule has 1 aliphatic rings. The topological polar surface area (TPSA) is 76.7 Å². The van der Waals surface area contributed by atoms with Crippen LogP contribution in [0.5, 0.6) is 5.75 Å². The number of halogens is 1. The summed E-state index contributed by atoms with van der Waals surface area (Å²) >= 11 is 3.46. The van der Waals surface area contributed by atoms with Crippen molar-refractivity contribution in [1.82, 2.24) is 5.32 Å². The van der Waals surface area contributed by atoms with Crippen molar-refractivity contribution in [2.24, 2.45) is 0 Å². The molecule has 0 bridgehead atoms. The van der Waals surface area contributed by atoms with Crippen molar-refractivity contribution in [3.8, 4) is 5.75 Å². The molecule has 0 spiro atoms. The van der Waals surface area contributed by atoms with Gasteiger partial charge in [-0.15, -0.1) is 0 Å². The molecule has 1 heterocycles. The average Bonchev–Trinajstić information content (AvgIpc) is 3.27. The zero-order valence-corrected chi connectivity index (χ0v) is 18.7. The first-order valence-corrected chi connectivity index (χ1v) is 11.1. The fraction of sp³-hybridized carbons (Fsp3) is 0.391.